The highest BCUT2D eigenvalue weighted by Crippen LogP contribution is 2.41. The van der Waals surface area contributed by atoms with Crippen molar-refractivity contribution in [1.29, 1.82) is 0 Å². The van der Waals surface area contributed by atoms with Gasteiger partial charge >= 0.3 is 0 Å². The van der Waals surface area contributed by atoms with Gasteiger partial charge < -0.3 is 5.32 Å². The molecule has 0 spiro atoms. The minimum Gasteiger partial charge on any atom is -0.348 e. The van der Waals surface area contributed by atoms with Gasteiger partial charge in [0.05, 0.1) is 34.2 Å². The SMILES string of the molecule is Cc1nn(C2CCS(=O)(=O)C2)c2nc(C3CC3)cc(C(=O)NCc3ccccc3F)c12. The summed E-state index contributed by atoms with van der Waals surface area (Å²) in [6.07, 6.45) is 2.52. The molecule has 162 valence electrons. The largest absolute Gasteiger partial charge is 0.348 e. The number of hydrogen-bond donors (Lipinski definition) is 1. The second kappa shape index (κ2) is 7.40. The Kier molecular flexibility index (Phi) is 4.80. The maximum absolute atomic E-state index is 14.0. The van der Waals surface area contributed by atoms with E-state index in [1.54, 1.807) is 35.9 Å². The molecule has 0 bridgehead atoms. The molecule has 1 N–H and O–H groups in total. The van der Waals surface area contributed by atoms with Gasteiger partial charge in [-0.05, 0) is 38.3 Å². The zero-order valence-corrected chi connectivity index (χ0v) is 18.0. The number of rotatable bonds is 5. The van der Waals surface area contributed by atoms with E-state index in [0.717, 1.165) is 18.5 Å². The zero-order valence-electron chi connectivity index (χ0n) is 17.1. The average Bonchev–Trinajstić information content (AvgIpc) is 3.45. The highest BCUT2D eigenvalue weighted by Gasteiger charge is 2.34. The molecule has 9 heteroatoms. The second-order valence-corrected chi connectivity index (χ2v) is 10.7. The molecule has 1 aromatic carbocycles. The smallest absolute Gasteiger partial charge is 0.252 e. The molecule has 5 rings (SSSR count). The van der Waals surface area contributed by atoms with Crippen LogP contribution in [0.15, 0.2) is 30.3 Å². The number of halogens is 1. The molecule has 1 amide bonds. The number of sulfone groups is 1. The Morgan fingerprint density at radius 2 is 2.03 bits per heavy atom. The van der Waals surface area contributed by atoms with Gasteiger partial charge in [0.2, 0.25) is 0 Å². The highest BCUT2D eigenvalue weighted by atomic mass is 32.2. The fraction of sp³-hybridized carbons (Fsp3) is 0.409. The number of nitrogens with one attached hydrogen (secondary N) is 1. The Balaban J connectivity index is 1.54. The van der Waals surface area contributed by atoms with Crippen LogP contribution in [0.25, 0.3) is 11.0 Å². The fourth-order valence-electron chi connectivity index (χ4n) is 4.24. The molecule has 2 aromatic heterocycles. The summed E-state index contributed by atoms with van der Waals surface area (Å²) < 4.78 is 39.7. The number of carbonyl (C=O) groups excluding carboxylic acids is 1. The summed E-state index contributed by atoms with van der Waals surface area (Å²) in [7, 11) is -3.09. The third kappa shape index (κ3) is 3.82. The van der Waals surface area contributed by atoms with Crippen LogP contribution in [0, 0.1) is 12.7 Å². The van der Waals surface area contributed by atoms with Crippen LogP contribution in [0.3, 0.4) is 0 Å². The van der Waals surface area contributed by atoms with Crippen molar-refractivity contribution < 1.29 is 17.6 Å². The molecule has 2 aliphatic rings. The number of nitrogens with zero attached hydrogens (tertiary/aromatic N) is 3. The van der Waals surface area contributed by atoms with Crippen molar-refractivity contribution in [3.8, 4) is 0 Å². The van der Waals surface area contributed by atoms with Crippen molar-refractivity contribution >= 4 is 26.8 Å². The maximum Gasteiger partial charge on any atom is 0.252 e. The summed E-state index contributed by atoms with van der Waals surface area (Å²) in [5, 5.41) is 8.02. The monoisotopic (exact) mass is 442 g/mol. The zero-order chi connectivity index (χ0) is 21.8. The van der Waals surface area contributed by atoms with Gasteiger partial charge in [-0.3, -0.25) is 4.79 Å². The first kappa shape index (κ1) is 20.1. The standard InChI is InChI=1S/C22H23FN4O3S/c1-13-20-17(22(28)24-11-15-4-2-3-5-18(15)23)10-19(14-6-7-14)25-21(20)27(26-13)16-8-9-31(29,30)12-16/h2-5,10,14,16H,6-9,11-12H2,1H3,(H,24,28). The summed E-state index contributed by atoms with van der Waals surface area (Å²) in [6.45, 7) is 1.87. The summed E-state index contributed by atoms with van der Waals surface area (Å²) in [5.74, 6) is -0.213. The average molecular weight is 443 g/mol. The van der Waals surface area contributed by atoms with Gasteiger partial charge in [0.1, 0.15) is 5.82 Å². The van der Waals surface area contributed by atoms with Crippen LogP contribution in [0.2, 0.25) is 0 Å². The van der Waals surface area contributed by atoms with Crippen molar-refractivity contribution in [2.45, 2.75) is 44.7 Å². The van der Waals surface area contributed by atoms with E-state index in [4.69, 9.17) is 4.98 Å². The molecular weight excluding hydrogens is 419 g/mol. The first-order chi connectivity index (χ1) is 14.8. The van der Waals surface area contributed by atoms with E-state index in [2.05, 4.69) is 10.4 Å². The molecule has 1 saturated carbocycles. The minimum absolute atomic E-state index is 0.0351. The normalized spacial score (nSPS) is 20.3. The quantitative estimate of drug-likeness (QED) is 0.656. The van der Waals surface area contributed by atoms with E-state index >= 15 is 0 Å². The predicted molar refractivity (Wildman–Crippen MR) is 114 cm³/mol. The van der Waals surface area contributed by atoms with Crippen LogP contribution in [0.5, 0.6) is 0 Å². The number of aromatic nitrogens is 3. The molecule has 0 radical (unpaired) electrons. The number of benzene rings is 1. The summed E-state index contributed by atoms with van der Waals surface area (Å²) in [5.41, 5.74) is 2.87. The lowest BCUT2D eigenvalue weighted by atomic mass is 10.1. The van der Waals surface area contributed by atoms with Gasteiger partial charge in [-0.25, -0.2) is 22.5 Å². The summed E-state index contributed by atoms with van der Waals surface area (Å²) in [4.78, 5) is 17.9. The number of aryl methyl sites for hydroxylation is 1. The van der Waals surface area contributed by atoms with Gasteiger partial charge in [0.15, 0.2) is 15.5 Å². The van der Waals surface area contributed by atoms with Crippen LogP contribution in [-0.4, -0.2) is 40.6 Å². The van der Waals surface area contributed by atoms with E-state index in [0.29, 0.717) is 40.2 Å². The Bertz CT molecular complexity index is 1300. The topological polar surface area (TPSA) is 93.9 Å². The molecule has 31 heavy (non-hydrogen) atoms. The van der Waals surface area contributed by atoms with Crippen molar-refractivity contribution in [3.63, 3.8) is 0 Å². The number of fused-ring (bicyclic) bond motifs is 1. The van der Waals surface area contributed by atoms with Crippen LogP contribution in [-0.2, 0) is 16.4 Å². The summed E-state index contributed by atoms with van der Waals surface area (Å²) >= 11 is 0. The Morgan fingerprint density at radius 1 is 1.26 bits per heavy atom. The van der Waals surface area contributed by atoms with Gasteiger partial charge in [-0.1, -0.05) is 18.2 Å². The van der Waals surface area contributed by atoms with Crippen LogP contribution in [0.4, 0.5) is 4.39 Å². The Labute approximate surface area is 179 Å². The number of carbonyl (C=O) groups is 1. The predicted octanol–water partition coefficient (Wildman–Crippen LogP) is 3.05. The second-order valence-electron chi connectivity index (χ2n) is 8.43. The molecule has 7 nitrogen and oxygen atoms in total. The molecule has 1 unspecified atom stereocenters. The molecule has 1 aliphatic heterocycles. The van der Waals surface area contributed by atoms with Crippen molar-refractivity contribution in [1.82, 2.24) is 20.1 Å². The molecule has 1 saturated heterocycles. The molecule has 3 aromatic rings. The lowest BCUT2D eigenvalue weighted by Crippen LogP contribution is -2.24. The van der Waals surface area contributed by atoms with E-state index in [1.165, 1.54) is 6.07 Å². The van der Waals surface area contributed by atoms with Crippen LogP contribution in [0.1, 0.15) is 58.5 Å². The van der Waals surface area contributed by atoms with Gasteiger partial charge in [0, 0.05) is 23.7 Å². The molecule has 1 aliphatic carbocycles. The fourth-order valence-corrected chi connectivity index (χ4v) is 5.93. The van der Waals surface area contributed by atoms with E-state index in [-0.39, 0.29) is 35.8 Å². The van der Waals surface area contributed by atoms with E-state index in [9.17, 15) is 17.6 Å². The van der Waals surface area contributed by atoms with Gasteiger partial charge in [0.25, 0.3) is 5.91 Å². The summed E-state index contributed by atoms with van der Waals surface area (Å²) in [6, 6.07) is 7.86. The van der Waals surface area contributed by atoms with Crippen LogP contribution >= 0.6 is 0 Å². The first-order valence-corrected chi connectivity index (χ1v) is 12.3. The van der Waals surface area contributed by atoms with Crippen LogP contribution < -0.4 is 5.32 Å². The molecular formula is C22H23FN4O3S. The van der Waals surface area contributed by atoms with Gasteiger partial charge in [-0.2, -0.15) is 5.10 Å². The third-order valence-corrected chi connectivity index (χ3v) is 7.80. The highest BCUT2D eigenvalue weighted by molar-refractivity contribution is 7.91. The number of pyridine rings is 1. The molecule has 3 heterocycles. The maximum atomic E-state index is 14.0. The third-order valence-electron chi connectivity index (χ3n) is 6.05. The van der Waals surface area contributed by atoms with Crippen molar-refractivity contribution in [3.05, 3.63) is 58.7 Å². The minimum atomic E-state index is -3.09. The Hall–Kier alpha value is -2.81. The molecule has 2 fully saturated rings. The van der Waals surface area contributed by atoms with Crippen molar-refractivity contribution in [2.75, 3.05) is 11.5 Å². The van der Waals surface area contributed by atoms with E-state index < -0.39 is 9.84 Å². The van der Waals surface area contributed by atoms with Gasteiger partial charge in [-0.15, -0.1) is 0 Å². The lowest BCUT2D eigenvalue weighted by Gasteiger charge is -2.12. The first-order valence-electron chi connectivity index (χ1n) is 10.4. The Morgan fingerprint density at radius 3 is 2.71 bits per heavy atom. The van der Waals surface area contributed by atoms with Crippen molar-refractivity contribution in [2.24, 2.45) is 0 Å². The van der Waals surface area contributed by atoms with E-state index in [1.807, 2.05) is 0 Å². The molecule has 1 atom stereocenters. The number of hydrogen-bond acceptors (Lipinski definition) is 5. The number of amides is 1. The lowest BCUT2D eigenvalue weighted by molar-refractivity contribution is 0.0952.